The molecular formula is C11H9F2N3O2S. The van der Waals surface area contributed by atoms with Crippen LogP contribution in [0.1, 0.15) is 5.56 Å². The third-order valence-electron chi connectivity index (χ3n) is 2.05. The largest absolute Gasteiger partial charge is 0.435 e. The van der Waals surface area contributed by atoms with Crippen LogP contribution in [0.3, 0.4) is 0 Å². The summed E-state index contributed by atoms with van der Waals surface area (Å²) in [7, 11) is 0. The number of rotatable bonds is 4. The molecule has 1 saturated heterocycles. The predicted octanol–water partition coefficient (Wildman–Crippen LogP) is 1.84. The quantitative estimate of drug-likeness (QED) is 0.678. The molecule has 0 unspecified atom stereocenters. The Labute approximate surface area is 111 Å². The summed E-state index contributed by atoms with van der Waals surface area (Å²) in [5.41, 5.74) is 0.681. The molecule has 5 nitrogen and oxygen atoms in total. The summed E-state index contributed by atoms with van der Waals surface area (Å²) < 4.78 is 28.1. The molecule has 8 heteroatoms. The predicted molar refractivity (Wildman–Crippen MR) is 68.7 cm³/mol. The van der Waals surface area contributed by atoms with E-state index in [4.69, 9.17) is 0 Å². The molecule has 1 aromatic rings. The van der Waals surface area contributed by atoms with Crippen LogP contribution in [0.25, 0.3) is 0 Å². The molecule has 19 heavy (non-hydrogen) atoms. The van der Waals surface area contributed by atoms with E-state index in [1.54, 1.807) is 12.1 Å². The molecule has 1 heterocycles. The van der Waals surface area contributed by atoms with E-state index >= 15 is 0 Å². The Morgan fingerprint density at radius 1 is 1.37 bits per heavy atom. The molecule has 2 rings (SSSR count). The molecule has 1 aliphatic heterocycles. The van der Waals surface area contributed by atoms with E-state index in [0.29, 0.717) is 16.5 Å². The first kappa shape index (κ1) is 13.5. The highest BCUT2D eigenvalue weighted by Crippen LogP contribution is 2.14. The van der Waals surface area contributed by atoms with Crippen molar-refractivity contribution in [2.75, 3.05) is 5.75 Å². The zero-order valence-corrected chi connectivity index (χ0v) is 10.4. The van der Waals surface area contributed by atoms with E-state index in [1.807, 2.05) is 0 Å². The molecule has 0 bridgehead atoms. The van der Waals surface area contributed by atoms with Gasteiger partial charge >= 0.3 is 6.61 Å². The normalized spacial score (nSPS) is 17.4. The lowest BCUT2D eigenvalue weighted by Crippen LogP contribution is -2.19. The molecule has 1 aliphatic rings. The van der Waals surface area contributed by atoms with Crippen molar-refractivity contribution < 1.29 is 18.3 Å². The molecule has 0 aromatic heterocycles. The molecule has 1 aromatic carbocycles. The Morgan fingerprint density at radius 3 is 2.68 bits per heavy atom. The standard InChI is InChI=1S/C11H9F2N3O2S/c12-10(13)18-8-3-1-7(2-4-8)5-14-16-11-15-9(17)6-19-11/h1-5,10H,6H2,(H,15,16,17). The lowest BCUT2D eigenvalue weighted by Gasteiger charge is -2.03. The number of alkyl halides is 2. The fourth-order valence-corrected chi connectivity index (χ4v) is 1.89. The van der Waals surface area contributed by atoms with E-state index in [-0.39, 0.29) is 11.7 Å². The summed E-state index contributed by atoms with van der Waals surface area (Å²) in [6, 6.07) is 5.96. The highest BCUT2D eigenvalue weighted by atomic mass is 32.2. The SMILES string of the molecule is O=C1CSC(=NN=Cc2ccc(OC(F)F)cc2)N1. The minimum Gasteiger partial charge on any atom is -0.435 e. The smallest absolute Gasteiger partial charge is 0.387 e. The number of hydrogen-bond acceptors (Lipinski definition) is 5. The average molecular weight is 285 g/mol. The number of hydrogen-bond donors (Lipinski definition) is 1. The molecular weight excluding hydrogens is 276 g/mol. The topological polar surface area (TPSA) is 63.0 Å². The van der Waals surface area contributed by atoms with E-state index in [2.05, 4.69) is 20.3 Å². The van der Waals surface area contributed by atoms with Crippen LogP contribution in [-0.4, -0.2) is 29.7 Å². The Balaban J connectivity index is 1.94. The number of nitrogens with one attached hydrogen (secondary N) is 1. The summed E-state index contributed by atoms with van der Waals surface area (Å²) in [5, 5.41) is 10.6. The first-order valence-electron chi connectivity index (χ1n) is 5.22. The number of amides is 1. The molecule has 0 spiro atoms. The van der Waals surface area contributed by atoms with E-state index in [1.165, 1.54) is 30.1 Å². The Kier molecular flexibility index (Phi) is 4.45. The monoisotopic (exact) mass is 285 g/mol. The van der Waals surface area contributed by atoms with E-state index in [0.717, 1.165) is 0 Å². The van der Waals surface area contributed by atoms with E-state index in [9.17, 15) is 13.6 Å². The second-order valence-electron chi connectivity index (χ2n) is 3.43. The van der Waals surface area contributed by atoms with Crippen molar-refractivity contribution in [3.05, 3.63) is 29.8 Å². The molecule has 0 aliphatic carbocycles. The fourth-order valence-electron chi connectivity index (χ4n) is 1.26. The number of halogens is 2. The zero-order chi connectivity index (χ0) is 13.7. The van der Waals surface area contributed by atoms with Crippen LogP contribution in [0.2, 0.25) is 0 Å². The van der Waals surface area contributed by atoms with Crippen molar-refractivity contribution in [1.29, 1.82) is 0 Å². The number of carbonyl (C=O) groups is 1. The number of nitrogens with zero attached hydrogens (tertiary/aromatic N) is 2. The third kappa shape index (κ3) is 4.32. The van der Waals surface area contributed by atoms with Crippen molar-refractivity contribution >= 4 is 29.1 Å². The lowest BCUT2D eigenvalue weighted by atomic mass is 10.2. The highest BCUT2D eigenvalue weighted by Gasteiger charge is 2.15. The van der Waals surface area contributed by atoms with Gasteiger partial charge in [-0.3, -0.25) is 4.79 Å². The first-order valence-corrected chi connectivity index (χ1v) is 6.20. The fraction of sp³-hybridized carbons (Fsp3) is 0.182. The van der Waals surface area contributed by atoms with Crippen LogP contribution in [-0.2, 0) is 4.79 Å². The maximum Gasteiger partial charge on any atom is 0.387 e. The van der Waals surface area contributed by atoms with Crippen LogP contribution in [0.4, 0.5) is 8.78 Å². The molecule has 1 fully saturated rings. The van der Waals surface area contributed by atoms with E-state index < -0.39 is 6.61 Å². The van der Waals surface area contributed by atoms with Crippen LogP contribution in [0, 0.1) is 0 Å². The van der Waals surface area contributed by atoms with Gasteiger partial charge in [0.25, 0.3) is 0 Å². The molecule has 1 N–H and O–H groups in total. The summed E-state index contributed by atoms with van der Waals surface area (Å²) in [4.78, 5) is 10.9. The minimum absolute atomic E-state index is 0.0806. The first-order chi connectivity index (χ1) is 9.13. The molecule has 0 saturated carbocycles. The van der Waals surface area contributed by atoms with Crippen molar-refractivity contribution in [2.45, 2.75) is 6.61 Å². The summed E-state index contributed by atoms with van der Waals surface area (Å²) in [6.45, 7) is -2.84. The number of ether oxygens (including phenoxy) is 1. The van der Waals surface area contributed by atoms with Gasteiger partial charge in [-0.25, -0.2) is 0 Å². The van der Waals surface area contributed by atoms with Gasteiger partial charge in [0.1, 0.15) is 5.75 Å². The maximum absolute atomic E-state index is 11.9. The van der Waals surface area contributed by atoms with Gasteiger partial charge in [0.05, 0.1) is 12.0 Å². The van der Waals surface area contributed by atoms with Gasteiger partial charge in [0.15, 0.2) is 5.17 Å². The van der Waals surface area contributed by atoms with Gasteiger partial charge in [-0.1, -0.05) is 11.8 Å². The van der Waals surface area contributed by atoms with Crippen molar-refractivity contribution in [2.24, 2.45) is 10.2 Å². The number of thioether (sulfide) groups is 1. The minimum atomic E-state index is -2.84. The van der Waals surface area contributed by atoms with Gasteiger partial charge < -0.3 is 10.1 Å². The van der Waals surface area contributed by atoms with Crippen LogP contribution >= 0.6 is 11.8 Å². The zero-order valence-electron chi connectivity index (χ0n) is 9.55. The van der Waals surface area contributed by atoms with Crippen molar-refractivity contribution in [1.82, 2.24) is 5.32 Å². The summed E-state index contributed by atoms with van der Waals surface area (Å²) in [5.74, 6) is 0.318. The maximum atomic E-state index is 11.9. The van der Waals surface area contributed by atoms with Crippen LogP contribution in [0.15, 0.2) is 34.5 Å². The van der Waals surface area contributed by atoms with Gasteiger partial charge in [0.2, 0.25) is 5.91 Å². The molecule has 100 valence electrons. The van der Waals surface area contributed by atoms with Gasteiger partial charge in [-0.05, 0) is 29.8 Å². The molecule has 0 atom stereocenters. The molecule has 1 amide bonds. The summed E-state index contributed by atoms with van der Waals surface area (Å²) in [6.07, 6.45) is 1.45. The van der Waals surface area contributed by atoms with Gasteiger partial charge in [-0.15, -0.1) is 5.10 Å². The van der Waals surface area contributed by atoms with Gasteiger partial charge in [0, 0.05) is 0 Å². The van der Waals surface area contributed by atoms with Crippen molar-refractivity contribution in [3.8, 4) is 5.75 Å². The average Bonchev–Trinajstić information content (AvgIpc) is 2.77. The number of amidine groups is 1. The Bertz CT molecular complexity index is 517. The summed E-state index contributed by atoms with van der Waals surface area (Å²) >= 11 is 1.27. The Morgan fingerprint density at radius 2 is 2.11 bits per heavy atom. The number of benzene rings is 1. The lowest BCUT2D eigenvalue weighted by molar-refractivity contribution is -0.116. The second-order valence-corrected chi connectivity index (χ2v) is 4.40. The Hall–Kier alpha value is -1.96. The third-order valence-corrected chi connectivity index (χ3v) is 2.91. The van der Waals surface area contributed by atoms with Crippen LogP contribution in [0.5, 0.6) is 5.75 Å². The highest BCUT2D eigenvalue weighted by molar-refractivity contribution is 8.15. The van der Waals surface area contributed by atoms with Gasteiger partial charge in [-0.2, -0.15) is 13.9 Å². The van der Waals surface area contributed by atoms with Crippen molar-refractivity contribution in [3.63, 3.8) is 0 Å². The molecule has 0 radical (unpaired) electrons. The number of carbonyl (C=O) groups excluding carboxylic acids is 1. The second kappa shape index (κ2) is 6.28. The van der Waals surface area contributed by atoms with Crippen LogP contribution < -0.4 is 10.1 Å².